The fraction of sp³-hybridized carbons (Fsp3) is 0.0435. The maximum atomic E-state index is 13.9. The van der Waals surface area contributed by atoms with Crippen LogP contribution in [0.1, 0.15) is 17.2 Å². The summed E-state index contributed by atoms with van der Waals surface area (Å²) in [6.45, 7) is 0. The molecule has 4 nitrogen and oxygen atoms in total. The van der Waals surface area contributed by atoms with Crippen LogP contribution >= 0.6 is 34.8 Å². The molecule has 1 aliphatic heterocycles. The van der Waals surface area contributed by atoms with Gasteiger partial charge in [0.2, 0.25) is 0 Å². The van der Waals surface area contributed by atoms with Crippen molar-refractivity contribution in [2.75, 3.05) is 4.90 Å². The summed E-state index contributed by atoms with van der Waals surface area (Å²) >= 11 is 18.2. The van der Waals surface area contributed by atoms with Crippen molar-refractivity contribution in [1.29, 1.82) is 0 Å². The molecule has 8 heteroatoms. The van der Waals surface area contributed by atoms with E-state index in [-0.39, 0.29) is 26.9 Å². The molecule has 0 aromatic heterocycles. The van der Waals surface area contributed by atoms with E-state index in [9.17, 15) is 19.1 Å². The molecule has 0 bridgehead atoms. The van der Waals surface area contributed by atoms with E-state index in [2.05, 4.69) is 0 Å². The Balaban J connectivity index is 1.98. The number of Topliss-reactive ketones (excluding diaryl/α,β-unsaturated/α-hetero) is 1. The second kappa shape index (κ2) is 8.35. The van der Waals surface area contributed by atoms with Crippen molar-refractivity contribution in [3.8, 4) is 0 Å². The van der Waals surface area contributed by atoms with E-state index in [1.54, 1.807) is 24.3 Å². The molecule has 31 heavy (non-hydrogen) atoms. The first-order valence-corrected chi connectivity index (χ1v) is 10.2. The van der Waals surface area contributed by atoms with Crippen LogP contribution in [-0.4, -0.2) is 16.8 Å². The third-order valence-corrected chi connectivity index (χ3v) is 5.86. The predicted molar refractivity (Wildman–Crippen MR) is 119 cm³/mol. The minimum Gasteiger partial charge on any atom is -0.507 e. The van der Waals surface area contributed by atoms with Gasteiger partial charge in [-0.1, -0.05) is 59.1 Å². The Bertz CT molecular complexity index is 1260. The summed E-state index contributed by atoms with van der Waals surface area (Å²) in [7, 11) is 0. The van der Waals surface area contributed by atoms with Crippen molar-refractivity contribution in [3.05, 3.63) is 104 Å². The normalized spacial score (nSPS) is 17.9. The van der Waals surface area contributed by atoms with Crippen molar-refractivity contribution in [1.82, 2.24) is 0 Å². The highest BCUT2D eigenvalue weighted by Gasteiger charge is 2.47. The van der Waals surface area contributed by atoms with Crippen LogP contribution in [0.5, 0.6) is 0 Å². The zero-order valence-corrected chi connectivity index (χ0v) is 17.9. The predicted octanol–water partition coefficient (Wildman–Crippen LogP) is 6.41. The van der Waals surface area contributed by atoms with Gasteiger partial charge in [0.15, 0.2) is 0 Å². The fourth-order valence-electron chi connectivity index (χ4n) is 3.51. The quantitative estimate of drug-likeness (QED) is 0.270. The number of carbonyl (C=O) groups excluding carboxylic acids is 2. The van der Waals surface area contributed by atoms with Crippen molar-refractivity contribution in [2.24, 2.45) is 0 Å². The Kier molecular flexibility index (Phi) is 5.75. The maximum absolute atomic E-state index is 13.9. The molecule has 156 valence electrons. The van der Waals surface area contributed by atoms with E-state index < -0.39 is 29.3 Å². The Morgan fingerprint density at radius 2 is 1.65 bits per heavy atom. The van der Waals surface area contributed by atoms with E-state index in [4.69, 9.17) is 34.8 Å². The number of carbonyl (C=O) groups is 2. The van der Waals surface area contributed by atoms with E-state index in [1.165, 1.54) is 36.4 Å². The highest BCUT2D eigenvalue weighted by atomic mass is 35.5. The minimum absolute atomic E-state index is 0.156. The Hall–Kier alpha value is -2.86. The van der Waals surface area contributed by atoms with Gasteiger partial charge in [0.25, 0.3) is 11.7 Å². The lowest BCUT2D eigenvalue weighted by molar-refractivity contribution is -0.132. The summed E-state index contributed by atoms with van der Waals surface area (Å²) in [5.41, 5.74) is 0.662. The summed E-state index contributed by atoms with van der Waals surface area (Å²) < 4.78 is 13.9. The number of halogens is 4. The van der Waals surface area contributed by atoms with Crippen LogP contribution < -0.4 is 4.90 Å². The highest BCUT2D eigenvalue weighted by molar-refractivity contribution is 6.52. The first-order chi connectivity index (χ1) is 14.8. The summed E-state index contributed by atoms with van der Waals surface area (Å²) in [6, 6.07) is 15.1. The molecule has 1 heterocycles. The molecule has 3 aromatic rings. The molecule has 0 radical (unpaired) electrons. The highest BCUT2D eigenvalue weighted by Crippen LogP contribution is 2.43. The summed E-state index contributed by atoms with van der Waals surface area (Å²) in [6.07, 6.45) is 0. The second-order valence-corrected chi connectivity index (χ2v) is 8.08. The fourth-order valence-corrected chi connectivity index (χ4v) is 4.01. The van der Waals surface area contributed by atoms with Crippen LogP contribution in [0.15, 0.2) is 72.3 Å². The van der Waals surface area contributed by atoms with Gasteiger partial charge >= 0.3 is 0 Å². The molecule has 3 aromatic carbocycles. The lowest BCUT2D eigenvalue weighted by atomic mass is 9.95. The number of rotatable bonds is 3. The molecule has 1 atom stereocenters. The zero-order chi connectivity index (χ0) is 22.3. The molecule has 0 saturated carbocycles. The molecule has 1 aliphatic rings. The minimum atomic E-state index is -1.06. The van der Waals surface area contributed by atoms with Gasteiger partial charge in [-0.2, -0.15) is 0 Å². The topological polar surface area (TPSA) is 57.6 Å². The standard InChI is InChI=1S/C23H13Cl3FNO3/c24-14-4-1-3-13(9-14)21(29)19-20(12-7-8-17(25)18(26)10-12)28(23(31)22(19)30)16-6-2-5-15(27)11-16/h1-11,20,29H/b21-19-. The van der Waals surface area contributed by atoms with Gasteiger partial charge in [-0.25, -0.2) is 4.39 Å². The molecular weight excluding hydrogens is 464 g/mol. The molecule has 1 saturated heterocycles. The number of amides is 1. The Morgan fingerprint density at radius 3 is 2.32 bits per heavy atom. The number of aliphatic hydroxyl groups is 1. The number of ketones is 1. The van der Waals surface area contributed by atoms with E-state index in [0.29, 0.717) is 10.6 Å². The summed E-state index contributed by atoms with van der Waals surface area (Å²) in [5, 5.41) is 11.8. The van der Waals surface area contributed by atoms with Crippen molar-refractivity contribution in [2.45, 2.75) is 6.04 Å². The molecule has 0 aliphatic carbocycles. The van der Waals surface area contributed by atoms with Crippen LogP contribution in [0.3, 0.4) is 0 Å². The van der Waals surface area contributed by atoms with Crippen molar-refractivity contribution < 1.29 is 19.1 Å². The molecular formula is C23H13Cl3FNO3. The van der Waals surface area contributed by atoms with Gasteiger partial charge in [-0.3, -0.25) is 14.5 Å². The number of hydrogen-bond acceptors (Lipinski definition) is 3. The van der Waals surface area contributed by atoms with Gasteiger partial charge in [0, 0.05) is 16.3 Å². The summed E-state index contributed by atoms with van der Waals surface area (Å²) in [4.78, 5) is 27.1. The van der Waals surface area contributed by atoms with Crippen LogP contribution in [0.2, 0.25) is 15.1 Å². The number of hydrogen-bond donors (Lipinski definition) is 1. The van der Waals surface area contributed by atoms with Gasteiger partial charge in [0.1, 0.15) is 11.6 Å². The number of nitrogens with zero attached hydrogens (tertiary/aromatic N) is 1. The molecule has 1 unspecified atom stereocenters. The van der Waals surface area contributed by atoms with Crippen LogP contribution in [0, 0.1) is 5.82 Å². The molecule has 0 spiro atoms. The van der Waals surface area contributed by atoms with Crippen molar-refractivity contribution >= 4 is 57.9 Å². The van der Waals surface area contributed by atoms with Crippen LogP contribution in [0.25, 0.3) is 5.76 Å². The smallest absolute Gasteiger partial charge is 0.300 e. The third-order valence-electron chi connectivity index (χ3n) is 4.89. The lowest BCUT2D eigenvalue weighted by Gasteiger charge is -2.25. The SMILES string of the molecule is O=C1C(=O)N(c2cccc(F)c2)C(c2ccc(Cl)c(Cl)c2)/C1=C(/O)c1cccc(Cl)c1. The zero-order valence-electron chi connectivity index (χ0n) is 15.7. The maximum Gasteiger partial charge on any atom is 0.300 e. The Morgan fingerprint density at radius 1 is 0.903 bits per heavy atom. The first kappa shape index (κ1) is 21.4. The van der Waals surface area contributed by atoms with E-state index >= 15 is 0 Å². The van der Waals surface area contributed by atoms with Gasteiger partial charge < -0.3 is 5.11 Å². The Labute approximate surface area is 192 Å². The monoisotopic (exact) mass is 475 g/mol. The number of benzene rings is 3. The van der Waals surface area contributed by atoms with E-state index in [0.717, 1.165) is 11.0 Å². The number of anilines is 1. The third kappa shape index (κ3) is 3.92. The lowest BCUT2D eigenvalue weighted by Crippen LogP contribution is -2.29. The van der Waals surface area contributed by atoms with Crippen LogP contribution in [-0.2, 0) is 9.59 Å². The van der Waals surface area contributed by atoms with E-state index in [1.807, 2.05) is 0 Å². The molecule has 4 rings (SSSR count). The second-order valence-electron chi connectivity index (χ2n) is 6.83. The van der Waals surface area contributed by atoms with Crippen molar-refractivity contribution in [3.63, 3.8) is 0 Å². The molecule has 1 fully saturated rings. The number of aliphatic hydroxyl groups excluding tert-OH is 1. The molecule has 1 N–H and O–H groups in total. The van der Waals surface area contributed by atoms with Crippen LogP contribution in [0.4, 0.5) is 10.1 Å². The van der Waals surface area contributed by atoms with Gasteiger partial charge in [-0.05, 0) is 48.0 Å². The largest absolute Gasteiger partial charge is 0.507 e. The summed E-state index contributed by atoms with van der Waals surface area (Å²) in [5.74, 6) is -2.82. The van der Waals surface area contributed by atoms with Gasteiger partial charge in [-0.15, -0.1) is 0 Å². The average molecular weight is 477 g/mol. The average Bonchev–Trinajstić information content (AvgIpc) is 3.00. The van der Waals surface area contributed by atoms with Gasteiger partial charge in [0.05, 0.1) is 21.7 Å². The molecule has 1 amide bonds. The first-order valence-electron chi connectivity index (χ1n) is 9.05.